The molecular formula is C14H26O4. The van der Waals surface area contributed by atoms with Crippen LogP contribution in [0.4, 0.5) is 0 Å². The summed E-state index contributed by atoms with van der Waals surface area (Å²) < 4.78 is 10.1. The molecule has 0 aliphatic carbocycles. The normalized spacial score (nSPS) is 11.9. The third-order valence-electron chi connectivity index (χ3n) is 2.61. The fraction of sp³-hybridized carbons (Fsp3) is 0.857. The molecule has 106 valence electrons. The summed E-state index contributed by atoms with van der Waals surface area (Å²) in [5.74, 6) is -0.357. The number of ether oxygens (including phenoxy) is 2. The zero-order valence-corrected chi connectivity index (χ0v) is 11.9. The number of carbonyl (C=O) groups excluding carboxylic acids is 2. The maximum atomic E-state index is 11.4. The molecule has 4 nitrogen and oxygen atoms in total. The monoisotopic (exact) mass is 258 g/mol. The summed E-state index contributed by atoms with van der Waals surface area (Å²) in [6, 6.07) is 0. The first-order valence-corrected chi connectivity index (χ1v) is 6.95. The van der Waals surface area contributed by atoms with Crippen LogP contribution in [0.2, 0.25) is 0 Å². The zero-order chi connectivity index (χ0) is 13.8. The van der Waals surface area contributed by atoms with Crippen LogP contribution in [0.5, 0.6) is 0 Å². The first-order chi connectivity index (χ1) is 8.60. The minimum absolute atomic E-state index is 0.00232. The molecule has 0 saturated carbocycles. The lowest BCUT2D eigenvalue weighted by Gasteiger charge is -2.12. The Balaban J connectivity index is 3.50. The number of hydrogen-bond donors (Lipinski definition) is 0. The van der Waals surface area contributed by atoms with E-state index in [0.717, 1.165) is 19.3 Å². The highest BCUT2D eigenvalue weighted by atomic mass is 16.5. The second kappa shape index (κ2) is 11.1. The zero-order valence-electron chi connectivity index (χ0n) is 11.9. The predicted octanol–water partition coefficient (Wildman–Crippen LogP) is 3.23. The Morgan fingerprint density at radius 3 is 2.17 bits per heavy atom. The molecule has 0 rings (SSSR count). The molecule has 0 aromatic rings. The Morgan fingerprint density at radius 2 is 1.61 bits per heavy atom. The topological polar surface area (TPSA) is 52.6 Å². The van der Waals surface area contributed by atoms with Gasteiger partial charge in [-0.15, -0.1) is 0 Å². The SMILES string of the molecule is CCCCC(C)OC(=O)CCCCC(=O)OCC. The average molecular weight is 258 g/mol. The van der Waals surface area contributed by atoms with Gasteiger partial charge in [-0.2, -0.15) is 0 Å². The molecule has 4 heteroatoms. The third kappa shape index (κ3) is 10.1. The highest BCUT2D eigenvalue weighted by Crippen LogP contribution is 2.08. The van der Waals surface area contributed by atoms with Gasteiger partial charge in [0.05, 0.1) is 12.7 Å². The lowest BCUT2D eigenvalue weighted by atomic mass is 10.2. The summed E-state index contributed by atoms with van der Waals surface area (Å²) in [6.45, 7) is 6.23. The smallest absolute Gasteiger partial charge is 0.306 e. The van der Waals surface area contributed by atoms with Crippen LogP contribution in [0, 0.1) is 0 Å². The Morgan fingerprint density at radius 1 is 1.00 bits per heavy atom. The van der Waals surface area contributed by atoms with Crippen molar-refractivity contribution in [2.24, 2.45) is 0 Å². The van der Waals surface area contributed by atoms with Gasteiger partial charge in [-0.3, -0.25) is 9.59 Å². The Labute approximate surface area is 110 Å². The van der Waals surface area contributed by atoms with Crippen molar-refractivity contribution < 1.29 is 19.1 Å². The maximum Gasteiger partial charge on any atom is 0.306 e. The van der Waals surface area contributed by atoms with Crippen molar-refractivity contribution in [2.45, 2.75) is 71.8 Å². The van der Waals surface area contributed by atoms with E-state index >= 15 is 0 Å². The highest BCUT2D eigenvalue weighted by Gasteiger charge is 2.09. The van der Waals surface area contributed by atoms with Crippen LogP contribution in [0.25, 0.3) is 0 Å². The molecule has 0 aromatic carbocycles. The fourth-order valence-electron chi connectivity index (χ4n) is 1.61. The quantitative estimate of drug-likeness (QED) is 0.446. The van der Waals surface area contributed by atoms with E-state index in [1.165, 1.54) is 0 Å². The molecule has 0 N–H and O–H groups in total. The van der Waals surface area contributed by atoms with E-state index in [0.29, 0.717) is 32.3 Å². The van der Waals surface area contributed by atoms with Gasteiger partial charge < -0.3 is 9.47 Å². The second-order valence-electron chi connectivity index (χ2n) is 4.45. The lowest BCUT2D eigenvalue weighted by molar-refractivity contribution is -0.149. The van der Waals surface area contributed by atoms with Gasteiger partial charge in [0, 0.05) is 12.8 Å². The van der Waals surface area contributed by atoms with Crippen LogP contribution >= 0.6 is 0 Å². The van der Waals surface area contributed by atoms with Crippen LogP contribution in [-0.4, -0.2) is 24.6 Å². The number of hydrogen-bond acceptors (Lipinski definition) is 4. The number of esters is 2. The van der Waals surface area contributed by atoms with Crippen LogP contribution in [0.3, 0.4) is 0 Å². The van der Waals surface area contributed by atoms with Gasteiger partial charge in [0.2, 0.25) is 0 Å². The summed E-state index contributed by atoms with van der Waals surface area (Å²) >= 11 is 0. The van der Waals surface area contributed by atoms with E-state index in [9.17, 15) is 9.59 Å². The Bertz CT molecular complexity index is 238. The molecule has 1 atom stereocenters. The average Bonchev–Trinajstić information content (AvgIpc) is 2.32. The van der Waals surface area contributed by atoms with Crippen LogP contribution < -0.4 is 0 Å². The van der Waals surface area contributed by atoms with Gasteiger partial charge >= 0.3 is 11.9 Å². The van der Waals surface area contributed by atoms with Gasteiger partial charge in [-0.1, -0.05) is 19.8 Å². The van der Waals surface area contributed by atoms with E-state index in [2.05, 4.69) is 6.92 Å². The number of carbonyl (C=O) groups is 2. The molecule has 0 amide bonds. The molecule has 18 heavy (non-hydrogen) atoms. The first-order valence-electron chi connectivity index (χ1n) is 6.95. The molecule has 0 bridgehead atoms. The third-order valence-corrected chi connectivity index (χ3v) is 2.61. The second-order valence-corrected chi connectivity index (χ2v) is 4.45. The van der Waals surface area contributed by atoms with E-state index in [1.807, 2.05) is 6.92 Å². The molecular weight excluding hydrogens is 232 g/mol. The van der Waals surface area contributed by atoms with Gasteiger partial charge in [-0.25, -0.2) is 0 Å². The lowest BCUT2D eigenvalue weighted by Crippen LogP contribution is -2.14. The molecule has 0 spiro atoms. The van der Waals surface area contributed by atoms with E-state index in [4.69, 9.17) is 9.47 Å². The van der Waals surface area contributed by atoms with Crippen molar-refractivity contribution in [1.82, 2.24) is 0 Å². The summed E-state index contributed by atoms with van der Waals surface area (Å²) in [7, 11) is 0. The minimum Gasteiger partial charge on any atom is -0.466 e. The van der Waals surface area contributed by atoms with Gasteiger partial charge in [0.1, 0.15) is 0 Å². The molecule has 0 aromatic heterocycles. The number of unbranched alkanes of at least 4 members (excludes halogenated alkanes) is 2. The Kier molecular flexibility index (Phi) is 10.4. The molecule has 0 fully saturated rings. The molecule has 0 saturated heterocycles. The molecule has 0 aliphatic rings. The number of rotatable bonds is 10. The van der Waals surface area contributed by atoms with Gasteiger partial charge in [0.25, 0.3) is 0 Å². The van der Waals surface area contributed by atoms with Crippen molar-refractivity contribution in [3.05, 3.63) is 0 Å². The van der Waals surface area contributed by atoms with E-state index in [-0.39, 0.29) is 18.0 Å². The molecule has 1 unspecified atom stereocenters. The molecule has 0 heterocycles. The van der Waals surface area contributed by atoms with Crippen LogP contribution in [-0.2, 0) is 19.1 Å². The van der Waals surface area contributed by atoms with E-state index < -0.39 is 0 Å². The maximum absolute atomic E-state index is 11.4. The summed E-state index contributed by atoms with van der Waals surface area (Å²) in [5, 5.41) is 0. The first kappa shape index (κ1) is 16.9. The van der Waals surface area contributed by atoms with E-state index in [1.54, 1.807) is 6.92 Å². The van der Waals surface area contributed by atoms with Gasteiger partial charge in [0.15, 0.2) is 0 Å². The Hall–Kier alpha value is -1.06. The molecule has 0 aliphatic heterocycles. The van der Waals surface area contributed by atoms with Crippen molar-refractivity contribution >= 4 is 11.9 Å². The standard InChI is InChI=1S/C14H26O4/c1-4-6-9-12(3)18-14(16)11-8-7-10-13(15)17-5-2/h12H,4-11H2,1-3H3. The minimum atomic E-state index is -0.192. The summed E-state index contributed by atoms with van der Waals surface area (Å²) in [5.41, 5.74) is 0. The predicted molar refractivity (Wildman–Crippen MR) is 70.2 cm³/mol. The summed E-state index contributed by atoms with van der Waals surface area (Å²) in [4.78, 5) is 22.5. The highest BCUT2D eigenvalue weighted by molar-refractivity contribution is 5.70. The van der Waals surface area contributed by atoms with Crippen LogP contribution in [0.1, 0.15) is 65.7 Å². The van der Waals surface area contributed by atoms with Crippen molar-refractivity contribution in [3.8, 4) is 0 Å². The fourth-order valence-corrected chi connectivity index (χ4v) is 1.61. The summed E-state index contributed by atoms with van der Waals surface area (Å²) in [6.07, 6.45) is 5.24. The van der Waals surface area contributed by atoms with Crippen molar-refractivity contribution in [2.75, 3.05) is 6.61 Å². The largest absolute Gasteiger partial charge is 0.466 e. The molecule has 0 radical (unpaired) electrons. The van der Waals surface area contributed by atoms with Crippen LogP contribution in [0.15, 0.2) is 0 Å². The van der Waals surface area contributed by atoms with Crippen molar-refractivity contribution in [3.63, 3.8) is 0 Å². The van der Waals surface area contributed by atoms with Crippen molar-refractivity contribution in [1.29, 1.82) is 0 Å². The van der Waals surface area contributed by atoms with Gasteiger partial charge in [-0.05, 0) is 33.1 Å².